The molecule has 110 valence electrons. The lowest BCUT2D eigenvalue weighted by Crippen LogP contribution is -2.49. The van der Waals surface area contributed by atoms with Gasteiger partial charge in [0.1, 0.15) is 5.60 Å². The van der Waals surface area contributed by atoms with Crippen molar-refractivity contribution >= 4 is 12.1 Å². The van der Waals surface area contributed by atoms with Crippen LogP contribution >= 0.6 is 0 Å². The first-order valence-electron chi connectivity index (χ1n) is 6.84. The topological polar surface area (TPSA) is 70.7 Å². The van der Waals surface area contributed by atoms with Crippen LogP contribution in [0.1, 0.15) is 40.5 Å². The molecule has 0 bridgehead atoms. The van der Waals surface area contributed by atoms with Crippen molar-refractivity contribution in [2.24, 2.45) is 0 Å². The molecule has 0 atom stereocenters. The summed E-state index contributed by atoms with van der Waals surface area (Å²) >= 11 is 0. The highest BCUT2D eigenvalue weighted by molar-refractivity contribution is 5.74. The molecule has 1 rings (SSSR count). The number of hydrogen-bond donors (Lipinski definition) is 2. The van der Waals surface area contributed by atoms with E-state index in [0.717, 1.165) is 12.8 Å². The fourth-order valence-electron chi connectivity index (χ4n) is 1.93. The zero-order chi connectivity index (χ0) is 14.5. The summed E-state index contributed by atoms with van der Waals surface area (Å²) in [5, 5.41) is 5.60. The predicted octanol–water partition coefficient (Wildman–Crippen LogP) is 1.70. The number of likely N-dealkylation sites (tertiary alicyclic amines) is 1. The molecule has 1 heterocycles. The molecule has 6 heteroatoms. The molecule has 2 N–H and O–H groups in total. The van der Waals surface area contributed by atoms with Gasteiger partial charge in [0.2, 0.25) is 0 Å². The summed E-state index contributed by atoms with van der Waals surface area (Å²) in [4.78, 5) is 24.9. The highest BCUT2D eigenvalue weighted by Gasteiger charge is 2.27. The summed E-state index contributed by atoms with van der Waals surface area (Å²) in [6, 6.07) is -0.0107. The van der Waals surface area contributed by atoms with Gasteiger partial charge in [-0.15, -0.1) is 0 Å². The molecule has 0 saturated carbocycles. The Balaban J connectivity index is 2.32. The second-order valence-corrected chi connectivity index (χ2v) is 5.75. The Kier molecular flexibility index (Phi) is 5.44. The molecule has 0 radical (unpaired) electrons. The Morgan fingerprint density at radius 1 is 1.26 bits per heavy atom. The molecule has 6 nitrogen and oxygen atoms in total. The van der Waals surface area contributed by atoms with Crippen molar-refractivity contribution in [1.82, 2.24) is 15.5 Å². The van der Waals surface area contributed by atoms with Gasteiger partial charge in [-0.3, -0.25) is 0 Å². The maximum Gasteiger partial charge on any atom is 0.410 e. The normalized spacial score (nSPS) is 16.9. The molecule has 1 saturated heterocycles. The standard InChI is InChI=1S/C13H25N3O3/c1-5-14-11(17)15-10-6-8-16(9-7-10)12(18)19-13(2,3)4/h10H,5-9H2,1-4H3,(H2,14,15,17). The second-order valence-electron chi connectivity index (χ2n) is 5.75. The van der Waals surface area contributed by atoms with Crippen molar-refractivity contribution in [3.8, 4) is 0 Å². The first-order chi connectivity index (χ1) is 8.81. The van der Waals surface area contributed by atoms with Crippen LogP contribution in [0.25, 0.3) is 0 Å². The van der Waals surface area contributed by atoms with Crippen molar-refractivity contribution in [3.63, 3.8) is 0 Å². The van der Waals surface area contributed by atoms with Gasteiger partial charge in [-0.1, -0.05) is 0 Å². The molecule has 0 aromatic heterocycles. The SMILES string of the molecule is CCNC(=O)NC1CCN(C(=O)OC(C)(C)C)CC1. The Bertz CT molecular complexity index is 318. The zero-order valence-corrected chi connectivity index (χ0v) is 12.3. The molecular weight excluding hydrogens is 246 g/mol. The van der Waals surface area contributed by atoms with Crippen LogP contribution < -0.4 is 10.6 Å². The molecule has 1 fully saturated rings. The van der Waals surface area contributed by atoms with E-state index in [-0.39, 0.29) is 18.2 Å². The maximum absolute atomic E-state index is 11.8. The molecule has 0 spiro atoms. The number of urea groups is 1. The number of ether oxygens (including phenoxy) is 1. The maximum atomic E-state index is 11.8. The minimum atomic E-state index is -0.465. The number of rotatable bonds is 2. The minimum Gasteiger partial charge on any atom is -0.444 e. The Hall–Kier alpha value is -1.46. The molecule has 1 aliphatic heterocycles. The number of piperidine rings is 1. The monoisotopic (exact) mass is 271 g/mol. The van der Waals surface area contributed by atoms with E-state index >= 15 is 0 Å². The highest BCUT2D eigenvalue weighted by atomic mass is 16.6. The van der Waals surface area contributed by atoms with Crippen LogP contribution in [0.4, 0.5) is 9.59 Å². The van der Waals surface area contributed by atoms with Gasteiger partial charge in [0, 0.05) is 25.7 Å². The molecule has 0 aromatic carbocycles. The first-order valence-corrected chi connectivity index (χ1v) is 6.84. The van der Waals surface area contributed by atoms with Crippen LogP contribution in [-0.2, 0) is 4.74 Å². The van der Waals surface area contributed by atoms with E-state index in [4.69, 9.17) is 4.74 Å². The van der Waals surface area contributed by atoms with Gasteiger partial charge in [-0.25, -0.2) is 9.59 Å². The van der Waals surface area contributed by atoms with Crippen molar-refractivity contribution in [2.45, 2.75) is 52.2 Å². The Morgan fingerprint density at radius 3 is 2.32 bits per heavy atom. The first kappa shape index (κ1) is 15.6. The smallest absolute Gasteiger partial charge is 0.410 e. The zero-order valence-electron chi connectivity index (χ0n) is 12.3. The van der Waals surface area contributed by atoms with Crippen LogP contribution in [0.15, 0.2) is 0 Å². The Labute approximate surface area is 114 Å². The lowest BCUT2D eigenvalue weighted by Gasteiger charge is -2.33. The van der Waals surface area contributed by atoms with Crippen molar-refractivity contribution in [1.29, 1.82) is 0 Å². The van der Waals surface area contributed by atoms with Crippen molar-refractivity contribution in [2.75, 3.05) is 19.6 Å². The van der Waals surface area contributed by atoms with Gasteiger partial charge in [-0.2, -0.15) is 0 Å². The number of nitrogens with zero attached hydrogens (tertiary/aromatic N) is 1. The molecule has 19 heavy (non-hydrogen) atoms. The number of carbonyl (C=O) groups excluding carboxylic acids is 2. The van der Waals surface area contributed by atoms with E-state index in [1.54, 1.807) is 4.90 Å². The highest BCUT2D eigenvalue weighted by Crippen LogP contribution is 2.15. The summed E-state index contributed by atoms with van der Waals surface area (Å²) in [6.45, 7) is 9.29. The largest absolute Gasteiger partial charge is 0.444 e. The van der Waals surface area contributed by atoms with E-state index in [2.05, 4.69) is 10.6 Å². The van der Waals surface area contributed by atoms with Gasteiger partial charge in [0.15, 0.2) is 0 Å². The molecule has 3 amide bonds. The fraction of sp³-hybridized carbons (Fsp3) is 0.846. The third-order valence-electron chi connectivity index (χ3n) is 2.82. The van der Waals surface area contributed by atoms with E-state index in [1.165, 1.54) is 0 Å². The summed E-state index contributed by atoms with van der Waals surface area (Å²) < 4.78 is 5.32. The molecule has 1 aliphatic rings. The average Bonchev–Trinajstić information content (AvgIpc) is 2.27. The van der Waals surface area contributed by atoms with Crippen LogP contribution in [0, 0.1) is 0 Å². The van der Waals surface area contributed by atoms with Gasteiger partial charge in [0.05, 0.1) is 0 Å². The molecule has 0 unspecified atom stereocenters. The molecular formula is C13H25N3O3. The van der Waals surface area contributed by atoms with Crippen molar-refractivity contribution < 1.29 is 14.3 Å². The number of amides is 3. The lowest BCUT2D eigenvalue weighted by atomic mass is 10.1. The van der Waals surface area contributed by atoms with Gasteiger partial charge in [0.25, 0.3) is 0 Å². The van der Waals surface area contributed by atoms with E-state index < -0.39 is 5.60 Å². The van der Waals surface area contributed by atoms with Crippen molar-refractivity contribution in [3.05, 3.63) is 0 Å². The van der Waals surface area contributed by atoms with Crippen LogP contribution in [0.3, 0.4) is 0 Å². The van der Waals surface area contributed by atoms with Gasteiger partial charge >= 0.3 is 12.1 Å². The summed E-state index contributed by atoms with van der Waals surface area (Å²) in [5.41, 5.74) is -0.465. The van der Waals surface area contributed by atoms with Crippen LogP contribution in [0.5, 0.6) is 0 Å². The average molecular weight is 271 g/mol. The number of nitrogens with one attached hydrogen (secondary N) is 2. The number of carbonyl (C=O) groups is 2. The Morgan fingerprint density at radius 2 is 1.84 bits per heavy atom. The van der Waals surface area contributed by atoms with Crippen LogP contribution in [0.2, 0.25) is 0 Å². The summed E-state index contributed by atoms with van der Waals surface area (Å²) in [7, 11) is 0. The number of hydrogen-bond acceptors (Lipinski definition) is 3. The van der Waals surface area contributed by atoms with E-state index in [1.807, 2.05) is 27.7 Å². The van der Waals surface area contributed by atoms with Gasteiger partial charge in [-0.05, 0) is 40.5 Å². The second kappa shape index (κ2) is 6.63. The predicted molar refractivity (Wildman–Crippen MR) is 73.0 cm³/mol. The molecule has 0 aliphatic carbocycles. The summed E-state index contributed by atoms with van der Waals surface area (Å²) in [6.07, 6.45) is 1.25. The quantitative estimate of drug-likeness (QED) is 0.803. The van der Waals surface area contributed by atoms with Crippen LogP contribution in [-0.4, -0.2) is 48.3 Å². The third kappa shape index (κ3) is 5.81. The fourth-order valence-corrected chi connectivity index (χ4v) is 1.93. The van der Waals surface area contributed by atoms with E-state index in [9.17, 15) is 9.59 Å². The van der Waals surface area contributed by atoms with E-state index in [0.29, 0.717) is 19.6 Å². The summed E-state index contributed by atoms with van der Waals surface area (Å²) in [5.74, 6) is 0. The van der Waals surface area contributed by atoms with Gasteiger partial charge < -0.3 is 20.3 Å². The molecule has 0 aromatic rings. The minimum absolute atomic E-state index is 0.130. The third-order valence-corrected chi connectivity index (χ3v) is 2.82. The lowest BCUT2D eigenvalue weighted by molar-refractivity contribution is 0.0201.